The zero-order chi connectivity index (χ0) is 9.90. The Morgan fingerprint density at radius 3 is 2.46 bits per heavy atom. The molecule has 0 amide bonds. The second kappa shape index (κ2) is 4.12. The minimum absolute atomic E-state index is 0.0904. The maximum atomic E-state index is 6.12. The average molecular weight is 198 g/mol. The Labute approximate surface area is 85.1 Å². The van der Waals surface area contributed by atoms with E-state index < -0.39 is 0 Å². The summed E-state index contributed by atoms with van der Waals surface area (Å²) in [7, 11) is 1.96. The quantitative estimate of drug-likeness (QED) is 0.786. The molecular weight excluding hydrogens is 182 g/mol. The molecule has 2 heteroatoms. The highest BCUT2D eigenvalue weighted by Gasteiger charge is 2.21. The van der Waals surface area contributed by atoms with Crippen LogP contribution in [0.2, 0.25) is 5.02 Å². The number of halogens is 1. The van der Waals surface area contributed by atoms with Gasteiger partial charge in [-0.25, -0.2) is 0 Å². The highest BCUT2D eigenvalue weighted by Crippen LogP contribution is 2.28. The minimum Gasteiger partial charge on any atom is -0.319 e. The molecule has 0 atom stereocenters. The first-order chi connectivity index (χ1) is 6.08. The molecule has 13 heavy (non-hydrogen) atoms. The predicted octanol–water partition coefficient (Wildman–Crippen LogP) is 2.84. The lowest BCUT2D eigenvalue weighted by atomic mass is 9.84. The van der Waals surface area contributed by atoms with Crippen molar-refractivity contribution in [2.45, 2.75) is 19.3 Å². The molecule has 1 nitrogen and oxygen atoms in total. The predicted molar refractivity (Wildman–Crippen MR) is 58.4 cm³/mol. The molecule has 0 aliphatic carbocycles. The fourth-order valence-corrected chi connectivity index (χ4v) is 1.94. The molecule has 0 spiro atoms. The van der Waals surface area contributed by atoms with Crippen molar-refractivity contribution >= 4 is 11.6 Å². The van der Waals surface area contributed by atoms with E-state index in [2.05, 4.69) is 25.2 Å². The van der Waals surface area contributed by atoms with Crippen LogP contribution in [0.1, 0.15) is 19.4 Å². The minimum atomic E-state index is 0.0904. The fourth-order valence-electron chi connectivity index (χ4n) is 1.55. The van der Waals surface area contributed by atoms with E-state index in [1.165, 1.54) is 5.56 Å². The lowest BCUT2D eigenvalue weighted by Crippen LogP contribution is -2.30. The molecule has 1 aromatic carbocycles. The lowest BCUT2D eigenvalue weighted by Gasteiger charge is -2.25. The Kier molecular flexibility index (Phi) is 3.34. The van der Waals surface area contributed by atoms with Crippen molar-refractivity contribution in [1.82, 2.24) is 5.32 Å². The van der Waals surface area contributed by atoms with E-state index in [0.717, 1.165) is 11.6 Å². The van der Waals surface area contributed by atoms with E-state index in [-0.39, 0.29) is 5.41 Å². The largest absolute Gasteiger partial charge is 0.319 e. The van der Waals surface area contributed by atoms with Gasteiger partial charge in [0.05, 0.1) is 0 Å². The van der Waals surface area contributed by atoms with Gasteiger partial charge in [-0.3, -0.25) is 0 Å². The zero-order valence-corrected chi connectivity index (χ0v) is 9.15. The number of likely N-dealkylation sites (N-methyl/N-ethyl adjacent to an activating group) is 1. The van der Waals surface area contributed by atoms with Gasteiger partial charge in [0.25, 0.3) is 0 Å². The van der Waals surface area contributed by atoms with Crippen molar-refractivity contribution < 1.29 is 0 Å². The molecule has 72 valence electrons. The van der Waals surface area contributed by atoms with Crippen LogP contribution in [0.3, 0.4) is 0 Å². The highest BCUT2D eigenvalue weighted by atomic mass is 35.5. The Hall–Kier alpha value is -0.530. The van der Waals surface area contributed by atoms with Crippen LogP contribution in [0.4, 0.5) is 0 Å². The van der Waals surface area contributed by atoms with Gasteiger partial charge in [-0.05, 0) is 18.7 Å². The standard InChI is InChI=1S/C11H16ClN/c1-11(2,8-13-3)9-6-4-5-7-10(9)12/h4-7,13H,8H2,1-3H3. The van der Waals surface area contributed by atoms with Gasteiger partial charge in [0.1, 0.15) is 0 Å². The van der Waals surface area contributed by atoms with Crippen LogP contribution in [0.25, 0.3) is 0 Å². The smallest absolute Gasteiger partial charge is 0.0443 e. The van der Waals surface area contributed by atoms with Crippen molar-refractivity contribution in [3.05, 3.63) is 34.9 Å². The normalized spacial score (nSPS) is 11.7. The van der Waals surface area contributed by atoms with E-state index >= 15 is 0 Å². The van der Waals surface area contributed by atoms with Crippen LogP contribution in [-0.2, 0) is 5.41 Å². The number of benzene rings is 1. The number of rotatable bonds is 3. The van der Waals surface area contributed by atoms with Gasteiger partial charge in [-0.15, -0.1) is 0 Å². The summed E-state index contributed by atoms with van der Waals surface area (Å²) in [5, 5.41) is 4.02. The van der Waals surface area contributed by atoms with E-state index in [0.29, 0.717) is 0 Å². The molecular formula is C11H16ClN. The topological polar surface area (TPSA) is 12.0 Å². The first-order valence-corrected chi connectivity index (χ1v) is 4.85. The summed E-state index contributed by atoms with van der Waals surface area (Å²) < 4.78 is 0. The number of hydrogen-bond donors (Lipinski definition) is 1. The Balaban J connectivity index is 2.99. The molecule has 1 N–H and O–H groups in total. The van der Waals surface area contributed by atoms with E-state index in [9.17, 15) is 0 Å². The van der Waals surface area contributed by atoms with Gasteiger partial charge in [-0.2, -0.15) is 0 Å². The summed E-state index contributed by atoms with van der Waals surface area (Å²) in [6.07, 6.45) is 0. The average Bonchev–Trinajstić information content (AvgIpc) is 2.04. The van der Waals surface area contributed by atoms with E-state index in [4.69, 9.17) is 11.6 Å². The molecule has 1 rings (SSSR count). The number of nitrogens with one attached hydrogen (secondary N) is 1. The summed E-state index contributed by atoms with van der Waals surface area (Å²) in [5.74, 6) is 0. The van der Waals surface area contributed by atoms with Crippen molar-refractivity contribution in [2.75, 3.05) is 13.6 Å². The molecule has 0 saturated carbocycles. The molecule has 0 aromatic heterocycles. The molecule has 0 heterocycles. The van der Waals surface area contributed by atoms with Crippen LogP contribution in [0, 0.1) is 0 Å². The monoisotopic (exact) mass is 197 g/mol. The van der Waals surface area contributed by atoms with Gasteiger partial charge in [0.2, 0.25) is 0 Å². The Bertz CT molecular complexity index is 281. The summed E-state index contributed by atoms with van der Waals surface area (Å²) in [6.45, 7) is 5.30. The third kappa shape index (κ3) is 2.45. The summed E-state index contributed by atoms with van der Waals surface area (Å²) in [6, 6.07) is 8.01. The molecule has 0 saturated heterocycles. The van der Waals surface area contributed by atoms with Gasteiger partial charge >= 0.3 is 0 Å². The Morgan fingerprint density at radius 2 is 1.92 bits per heavy atom. The maximum absolute atomic E-state index is 6.12. The summed E-state index contributed by atoms with van der Waals surface area (Å²) in [4.78, 5) is 0. The van der Waals surface area contributed by atoms with Gasteiger partial charge in [-0.1, -0.05) is 43.6 Å². The lowest BCUT2D eigenvalue weighted by molar-refractivity contribution is 0.494. The fraction of sp³-hybridized carbons (Fsp3) is 0.455. The van der Waals surface area contributed by atoms with Crippen molar-refractivity contribution in [1.29, 1.82) is 0 Å². The SMILES string of the molecule is CNCC(C)(C)c1ccccc1Cl. The number of hydrogen-bond acceptors (Lipinski definition) is 1. The van der Waals surface area contributed by atoms with Gasteiger partial charge in [0, 0.05) is 17.0 Å². The van der Waals surface area contributed by atoms with Crippen LogP contribution in [-0.4, -0.2) is 13.6 Å². The third-order valence-electron chi connectivity index (χ3n) is 2.22. The van der Waals surface area contributed by atoms with Gasteiger partial charge in [0.15, 0.2) is 0 Å². The van der Waals surface area contributed by atoms with Gasteiger partial charge < -0.3 is 5.32 Å². The van der Waals surface area contributed by atoms with Crippen LogP contribution in [0.15, 0.2) is 24.3 Å². The van der Waals surface area contributed by atoms with Crippen molar-refractivity contribution in [3.8, 4) is 0 Å². The van der Waals surface area contributed by atoms with Crippen LogP contribution in [0.5, 0.6) is 0 Å². The van der Waals surface area contributed by atoms with Crippen molar-refractivity contribution in [3.63, 3.8) is 0 Å². The first-order valence-electron chi connectivity index (χ1n) is 4.47. The van der Waals surface area contributed by atoms with Crippen molar-refractivity contribution in [2.24, 2.45) is 0 Å². The molecule has 0 fully saturated rings. The van der Waals surface area contributed by atoms with Crippen LogP contribution >= 0.6 is 11.6 Å². The molecule has 0 radical (unpaired) electrons. The van der Waals surface area contributed by atoms with Crippen LogP contribution < -0.4 is 5.32 Å². The first kappa shape index (κ1) is 10.6. The summed E-state index contributed by atoms with van der Waals surface area (Å²) in [5.41, 5.74) is 1.29. The zero-order valence-electron chi connectivity index (χ0n) is 8.39. The summed E-state index contributed by atoms with van der Waals surface area (Å²) >= 11 is 6.12. The van der Waals surface area contributed by atoms with E-state index in [1.54, 1.807) is 0 Å². The molecule has 0 unspecified atom stereocenters. The molecule has 0 aliphatic rings. The second-order valence-electron chi connectivity index (χ2n) is 3.89. The Morgan fingerprint density at radius 1 is 1.31 bits per heavy atom. The maximum Gasteiger partial charge on any atom is 0.0443 e. The molecule has 0 aliphatic heterocycles. The molecule has 1 aromatic rings. The highest BCUT2D eigenvalue weighted by molar-refractivity contribution is 6.31. The second-order valence-corrected chi connectivity index (χ2v) is 4.30. The third-order valence-corrected chi connectivity index (χ3v) is 2.55. The van der Waals surface area contributed by atoms with E-state index in [1.807, 2.05) is 25.2 Å². The molecule has 0 bridgehead atoms.